The smallest absolute Gasteiger partial charge is 0.417 e. The van der Waals surface area contributed by atoms with Crippen LogP contribution in [-0.4, -0.2) is 47.3 Å². The number of carbonyl (C=O) groups excluding carboxylic acids is 1. The van der Waals surface area contributed by atoms with Crippen molar-refractivity contribution >= 4 is 5.91 Å². The van der Waals surface area contributed by atoms with Crippen LogP contribution in [0.1, 0.15) is 11.4 Å². The molecule has 0 spiro atoms. The highest BCUT2D eigenvalue weighted by molar-refractivity contribution is 5.77. The van der Waals surface area contributed by atoms with Gasteiger partial charge in [0.25, 0.3) is 5.91 Å². The Morgan fingerprint density at radius 3 is 2.58 bits per heavy atom. The molecule has 0 aliphatic heterocycles. The predicted octanol–water partition coefficient (Wildman–Crippen LogP) is 2.20. The van der Waals surface area contributed by atoms with E-state index in [2.05, 4.69) is 10.1 Å². The van der Waals surface area contributed by atoms with Gasteiger partial charge in [-0.3, -0.25) is 9.32 Å². The number of hydrogen-bond donors (Lipinski definition) is 0. The predicted molar refractivity (Wildman–Crippen MR) is 72.7 cm³/mol. The molecule has 1 aromatic heterocycles. The van der Waals surface area contributed by atoms with Gasteiger partial charge in [0.05, 0.1) is 0 Å². The van der Waals surface area contributed by atoms with Gasteiger partial charge in [-0.1, -0.05) is 17.3 Å². The summed E-state index contributed by atoms with van der Waals surface area (Å²) in [5, 5.41) is 3.61. The lowest BCUT2D eigenvalue weighted by molar-refractivity contribution is -0.159. The zero-order chi connectivity index (χ0) is 17.7. The highest BCUT2D eigenvalue weighted by Crippen LogP contribution is 2.16. The fourth-order valence-corrected chi connectivity index (χ4v) is 1.74. The molecule has 1 heterocycles. The molecule has 0 atom stereocenters. The molecule has 0 saturated carbocycles. The van der Waals surface area contributed by atoms with Gasteiger partial charge in [0.15, 0.2) is 12.4 Å². The highest BCUT2D eigenvalue weighted by Gasteiger charge is 2.31. The number of ether oxygens (including phenoxy) is 1. The summed E-state index contributed by atoms with van der Waals surface area (Å²) in [4.78, 5) is 15.8. The molecule has 0 aliphatic rings. The number of amides is 1. The van der Waals surface area contributed by atoms with Gasteiger partial charge in [0.1, 0.15) is 12.4 Å². The van der Waals surface area contributed by atoms with Crippen molar-refractivity contribution in [3.8, 4) is 6.08 Å². The second kappa shape index (κ2) is 7.28. The van der Waals surface area contributed by atoms with Crippen molar-refractivity contribution in [2.75, 3.05) is 20.2 Å². The van der Waals surface area contributed by atoms with E-state index in [1.54, 1.807) is 12.1 Å². The fourth-order valence-electron chi connectivity index (χ4n) is 1.74. The number of likely N-dealkylation sites (N-methyl/N-ethyl adjacent to an activating group) is 1. The van der Waals surface area contributed by atoms with E-state index < -0.39 is 25.2 Å². The van der Waals surface area contributed by atoms with Crippen molar-refractivity contribution in [3.63, 3.8) is 0 Å². The van der Waals surface area contributed by atoms with Gasteiger partial charge in [0.2, 0.25) is 0 Å². The van der Waals surface area contributed by atoms with E-state index in [4.69, 9.17) is 9.26 Å². The summed E-state index contributed by atoms with van der Waals surface area (Å²) in [6.07, 6.45) is -4.58. The molecule has 2 rings (SSSR count). The number of benzene rings is 1. The first-order valence-corrected chi connectivity index (χ1v) is 6.73. The third-order valence-electron chi connectivity index (χ3n) is 2.89. The van der Waals surface area contributed by atoms with Gasteiger partial charge in [-0.15, -0.1) is 0 Å². The van der Waals surface area contributed by atoms with E-state index in [-0.39, 0.29) is 24.1 Å². The molecule has 2 aromatic rings. The zero-order valence-corrected chi connectivity index (χ0v) is 12.5. The van der Waals surface area contributed by atoms with Crippen molar-refractivity contribution < 1.29 is 31.6 Å². The molecule has 1 amide bonds. The first-order valence-electron chi connectivity index (χ1n) is 6.73. The second-order valence-electron chi connectivity index (χ2n) is 4.93. The Balaban J connectivity index is 1.85. The Morgan fingerprint density at radius 2 is 1.96 bits per heavy atom. The van der Waals surface area contributed by atoms with Crippen LogP contribution in [0.3, 0.4) is 0 Å². The molecular formula is C14H13F4N3O3. The molecule has 0 radical (unpaired) electrons. The average molecular weight is 347 g/mol. The minimum Gasteiger partial charge on any atom is -0.439 e. The second-order valence-corrected chi connectivity index (χ2v) is 4.93. The van der Waals surface area contributed by atoms with E-state index >= 15 is 0 Å². The van der Waals surface area contributed by atoms with E-state index in [0.29, 0.717) is 4.90 Å². The molecule has 0 aliphatic carbocycles. The summed E-state index contributed by atoms with van der Waals surface area (Å²) in [5.41, 5.74) is 0.727. The average Bonchev–Trinajstić information content (AvgIpc) is 2.93. The van der Waals surface area contributed by atoms with Crippen molar-refractivity contribution in [2.24, 2.45) is 0 Å². The minimum atomic E-state index is -4.49. The van der Waals surface area contributed by atoms with Crippen LogP contribution < -0.4 is 4.74 Å². The largest absolute Gasteiger partial charge is 0.439 e. The monoisotopic (exact) mass is 347 g/mol. The number of hydrogen-bond acceptors (Lipinski definition) is 5. The maximum absolute atomic E-state index is 12.8. The molecule has 6 nitrogen and oxygen atoms in total. The van der Waals surface area contributed by atoms with Crippen LogP contribution in [-0.2, 0) is 11.2 Å². The quantitative estimate of drug-likeness (QED) is 0.750. The van der Waals surface area contributed by atoms with Crippen LogP contribution in [0.5, 0.6) is 6.08 Å². The number of carbonyl (C=O) groups is 1. The molecule has 130 valence electrons. The van der Waals surface area contributed by atoms with Gasteiger partial charge in [-0.2, -0.15) is 18.2 Å². The number of halogens is 4. The van der Waals surface area contributed by atoms with E-state index in [0.717, 1.165) is 12.6 Å². The maximum Gasteiger partial charge on any atom is 0.417 e. The van der Waals surface area contributed by atoms with Crippen LogP contribution >= 0.6 is 0 Å². The number of aromatic nitrogens is 2. The number of alkyl halides is 3. The third-order valence-corrected chi connectivity index (χ3v) is 2.89. The summed E-state index contributed by atoms with van der Waals surface area (Å²) < 4.78 is 58.9. The number of nitrogens with zero attached hydrogens (tertiary/aromatic N) is 3. The lowest BCUT2D eigenvalue weighted by Crippen LogP contribution is -2.38. The van der Waals surface area contributed by atoms with Gasteiger partial charge in [-0.05, 0) is 17.7 Å². The van der Waals surface area contributed by atoms with Gasteiger partial charge in [-0.25, -0.2) is 4.39 Å². The van der Waals surface area contributed by atoms with Gasteiger partial charge < -0.3 is 9.64 Å². The summed E-state index contributed by atoms with van der Waals surface area (Å²) >= 11 is 0. The molecule has 0 bridgehead atoms. The zero-order valence-electron chi connectivity index (χ0n) is 12.5. The van der Waals surface area contributed by atoms with Crippen molar-refractivity contribution in [1.82, 2.24) is 15.0 Å². The molecule has 0 N–H and O–H groups in total. The van der Waals surface area contributed by atoms with Gasteiger partial charge >= 0.3 is 12.3 Å². The Labute approximate surface area is 134 Å². The lowest BCUT2D eigenvalue weighted by atomic mass is 10.1. The fraction of sp³-hybridized carbons (Fsp3) is 0.357. The summed E-state index contributed by atoms with van der Waals surface area (Å²) in [6, 6.07) is 5.65. The summed E-state index contributed by atoms with van der Waals surface area (Å²) in [6.45, 7) is -2.04. The van der Waals surface area contributed by atoms with E-state index in [1.807, 2.05) is 0 Å². The summed E-state index contributed by atoms with van der Waals surface area (Å²) in [5.74, 6) is -1.03. The van der Waals surface area contributed by atoms with Crippen LogP contribution in [0.4, 0.5) is 17.6 Å². The number of rotatable bonds is 6. The Bertz CT molecular complexity index is 685. The SMILES string of the molecule is CN(CC(F)(F)F)C(=O)COc1nc(Cc2ccc(F)cc2)no1. The Kier molecular flexibility index (Phi) is 5.37. The van der Waals surface area contributed by atoms with Crippen LogP contribution in [0.15, 0.2) is 28.8 Å². The normalized spacial score (nSPS) is 11.4. The Morgan fingerprint density at radius 1 is 1.29 bits per heavy atom. The van der Waals surface area contributed by atoms with E-state index in [1.165, 1.54) is 12.1 Å². The molecule has 24 heavy (non-hydrogen) atoms. The summed E-state index contributed by atoms with van der Waals surface area (Å²) in [7, 11) is 1.01. The first-order chi connectivity index (χ1) is 11.2. The van der Waals surface area contributed by atoms with Crippen LogP contribution in [0.2, 0.25) is 0 Å². The maximum atomic E-state index is 12.8. The van der Waals surface area contributed by atoms with E-state index in [9.17, 15) is 22.4 Å². The van der Waals surface area contributed by atoms with Crippen LogP contribution in [0, 0.1) is 5.82 Å². The highest BCUT2D eigenvalue weighted by atomic mass is 19.4. The van der Waals surface area contributed by atoms with Crippen LogP contribution in [0.25, 0.3) is 0 Å². The van der Waals surface area contributed by atoms with Crippen molar-refractivity contribution in [3.05, 3.63) is 41.5 Å². The van der Waals surface area contributed by atoms with Crippen molar-refractivity contribution in [2.45, 2.75) is 12.6 Å². The molecule has 0 saturated heterocycles. The molecular weight excluding hydrogens is 334 g/mol. The van der Waals surface area contributed by atoms with Gasteiger partial charge in [0, 0.05) is 13.5 Å². The molecule has 0 fully saturated rings. The molecule has 1 aromatic carbocycles. The van der Waals surface area contributed by atoms with Crippen molar-refractivity contribution in [1.29, 1.82) is 0 Å². The standard InChI is InChI=1S/C14H13F4N3O3/c1-21(8-14(16,17)18)12(22)7-23-13-19-11(20-24-13)6-9-2-4-10(15)5-3-9/h2-5H,6-8H2,1H3. The third kappa shape index (κ3) is 5.52. The minimum absolute atomic E-state index is 0.229. The molecule has 0 unspecified atom stereocenters. The lowest BCUT2D eigenvalue weighted by Gasteiger charge is -2.18. The Hall–Kier alpha value is -2.65. The topological polar surface area (TPSA) is 68.5 Å². The first kappa shape index (κ1) is 17.7. The molecule has 10 heteroatoms.